The first-order valence-electron chi connectivity index (χ1n) is 7.86. The molecule has 0 unspecified atom stereocenters. The number of aromatic nitrogens is 3. The van der Waals surface area contributed by atoms with Crippen molar-refractivity contribution in [3.8, 4) is 5.82 Å². The zero-order valence-corrected chi connectivity index (χ0v) is 14.4. The molecule has 0 N–H and O–H groups in total. The summed E-state index contributed by atoms with van der Waals surface area (Å²) < 4.78 is 2.10. The van der Waals surface area contributed by atoms with Gasteiger partial charge in [0.1, 0.15) is 11.6 Å². The quantitative estimate of drug-likeness (QED) is 0.512. The summed E-state index contributed by atoms with van der Waals surface area (Å²) in [6.45, 7) is 4.29. The molecular weight excluding hydrogens is 314 g/mol. The van der Waals surface area contributed by atoms with E-state index in [1.165, 1.54) is 15.3 Å². The molecule has 0 spiro atoms. The number of thiophene rings is 1. The van der Waals surface area contributed by atoms with E-state index in [0.717, 1.165) is 22.7 Å². The van der Waals surface area contributed by atoms with Crippen molar-refractivity contribution in [2.24, 2.45) is 0 Å². The molecule has 3 heterocycles. The lowest BCUT2D eigenvalue weighted by molar-refractivity contribution is 1.01. The summed E-state index contributed by atoms with van der Waals surface area (Å²) in [4.78, 5) is 11.9. The van der Waals surface area contributed by atoms with E-state index in [1.54, 1.807) is 0 Å². The van der Waals surface area contributed by atoms with Crippen LogP contribution in [0, 0.1) is 13.8 Å². The highest BCUT2D eigenvalue weighted by Crippen LogP contribution is 2.25. The van der Waals surface area contributed by atoms with Crippen LogP contribution in [-0.4, -0.2) is 14.5 Å². The number of hydrogen-bond acceptors (Lipinski definition) is 3. The van der Waals surface area contributed by atoms with Gasteiger partial charge in [-0.3, -0.25) is 4.57 Å². The molecule has 1 aromatic carbocycles. The van der Waals surface area contributed by atoms with E-state index < -0.39 is 0 Å². The van der Waals surface area contributed by atoms with Crippen LogP contribution in [-0.2, 0) is 0 Å². The summed E-state index contributed by atoms with van der Waals surface area (Å²) in [5, 5.41) is 0. The van der Waals surface area contributed by atoms with Crippen LogP contribution in [0.25, 0.3) is 29.0 Å². The predicted octanol–water partition coefficient (Wildman–Crippen LogP) is 5.27. The van der Waals surface area contributed by atoms with Gasteiger partial charge in [-0.25, -0.2) is 9.97 Å². The van der Waals surface area contributed by atoms with Gasteiger partial charge in [0.05, 0.1) is 11.0 Å². The number of nitrogens with zero attached hydrogens (tertiary/aromatic N) is 3. The van der Waals surface area contributed by atoms with Gasteiger partial charge in [0.2, 0.25) is 0 Å². The largest absolute Gasteiger partial charge is 0.277 e. The fourth-order valence-corrected chi connectivity index (χ4v) is 3.78. The molecule has 4 aromatic rings. The van der Waals surface area contributed by atoms with Crippen molar-refractivity contribution in [2.45, 2.75) is 13.8 Å². The Kier molecular flexibility index (Phi) is 3.75. The molecule has 0 radical (unpaired) electrons. The topological polar surface area (TPSA) is 30.7 Å². The maximum Gasteiger partial charge on any atom is 0.139 e. The number of imidazole rings is 1. The van der Waals surface area contributed by atoms with Crippen LogP contribution < -0.4 is 0 Å². The number of fused-ring (bicyclic) bond motifs is 1. The summed E-state index contributed by atoms with van der Waals surface area (Å²) in [6.07, 6.45) is 6.02. The van der Waals surface area contributed by atoms with Gasteiger partial charge in [-0.1, -0.05) is 24.3 Å². The second-order valence-corrected chi connectivity index (χ2v) is 7.14. The summed E-state index contributed by atoms with van der Waals surface area (Å²) in [5.41, 5.74) is 3.28. The lowest BCUT2D eigenvalue weighted by atomic mass is 10.2. The minimum atomic E-state index is 0.879. The van der Waals surface area contributed by atoms with E-state index in [-0.39, 0.29) is 0 Å². The van der Waals surface area contributed by atoms with E-state index >= 15 is 0 Å². The van der Waals surface area contributed by atoms with E-state index in [9.17, 15) is 0 Å². The van der Waals surface area contributed by atoms with Crippen molar-refractivity contribution in [1.82, 2.24) is 14.5 Å². The van der Waals surface area contributed by atoms with Gasteiger partial charge in [0.25, 0.3) is 0 Å². The average Bonchev–Trinajstić information content (AvgIpc) is 3.12. The molecule has 0 amide bonds. The Bertz CT molecular complexity index is 1030. The van der Waals surface area contributed by atoms with Crippen LogP contribution in [0.4, 0.5) is 0 Å². The highest BCUT2D eigenvalue weighted by Gasteiger charge is 2.11. The Morgan fingerprint density at radius 1 is 1.00 bits per heavy atom. The van der Waals surface area contributed by atoms with Crippen molar-refractivity contribution in [3.63, 3.8) is 0 Å². The number of hydrogen-bond donors (Lipinski definition) is 0. The third-order valence-electron chi connectivity index (χ3n) is 3.96. The van der Waals surface area contributed by atoms with Gasteiger partial charge in [0.15, 0.2) is 0 Å². The lowest BCUT2D eigenvalue weighted by Crippen LogP contribution is -1.99. The van der Waals surface area contributed by atoms with Crippen molar-refractivity contribution in [2.75, 3.05) is 0 Å². The number of benzene rings is 1. The Morgan fingerprint density at radius 3 is 2.58 bits per heavy atom. The van der Waals surface area contributed by atoms with E-state index in [0.29, 0.717) is 0 Å². The van der Waals surface area contributed by atoms with Crippen molar-refractivity contribution in [3.05, 3.63) is 75.9 Å². The molecule has 3 aromatic heterocycles. The Labute approximate surface area is 144 Å². The standard InChI is InChI=1S/C20H17N3S/c1-14-13-16(15(2)24-14)10-11-20-22-17-7-3-4-8-18(17)23(20)19-9-5-6-12-21-19/h3-13H,1-2H3/b11-10+. The molecular formula is C20H17N3S. The van der Waals surface area contributed by atoms with Crippen LogP contribution in [0.3, 0.4) is 0 Å². The molecule has 118 valence electrons. The van der Waals surface area contributed by atoms with E-state index in [1.807, 2.05) is 53.9 Å². The minimum absolute atomic E-state index is 0.879. The zero-order chi connectivity index (χ0) is 16.5. The van der Waals surface area contributed by atoms with Gasteiger partial charge < -0.3 is 0 Å². The summed E-state index contributed by atoms with van der Waals surface area (Å²) in [7, 11) is 0. The van der Waals surface area contributed by atoms with Gasteiger partial charge in [-0.15, -0.1) is 11.3 Å². The fourth-order valence-electron chi connectivity index (χ4n) is 2.86. The molecule has 4 heteroatoms. The Morgan fingerprint density at radius 2 is 1.83 bits per heavy atom. The molecule has 0 bridgehead atoms. The predicted molar refractivity (Wildman–Crippen MR) is 102 cm³/mol. The monoisotopic (exact) mass is 331 g/mol. The number of aryl methyl sites for hydroxylation is 2. The van der Waals surface area contributed by atoms with Gasteiger partial charge >= 0.3 is 0 Å². The SMILES string of the molecule is Cc1cc(/C=C/c2nc3ccccc3n2-c2ccccn2)c(C)s1. The third kappa shape index (κ3) is 2.65. The molecule has 3 nitrogen and oxygen atoms in total. The van der Waals surface area contributed by atoms with Crippen molar-refractivity contribution < 1.29 is 0 Å². The smallest absolute Gasteiger partial charge is 0.139 e. The first kappa shape index (κ1) is 14.8. The summed E-state index contributed by atoms with van der Waals surface area (Å²) >= 11 is 1.82. The Hall–Kier alpha value is -2.72. The highest BCUT2D eigenvalue weighted by molar-refractivity contribution is 7.12. The molecule has 0 saturated heterocycles. The number of rotatable bonds is 3. The van der Waals surface area contributed by atoms with Crippen molar-refractivity contribution in [1.29, 1.82) is 0 Å². The maximum atomic E-state index is 4.78. The van der Waals surface area contributed by atoms with Crippen molar-refractivity contribution >= 4 is 34.5 Å². The minimum Gasteiger partial charge on any atom is -0.277 e. The van der Waals surface area contributed by atoms with Crippen LogP contribution >= 0.6 is 11.3 Å². The molecule has 4 rings (SSSR count). The van der Waals surface area contributed by atoms with Gasteiger partial charge in [-0.05, 0) is 55.8 Å². The van der Waals surface area contributed by atoms with E-state index in [2.05, 4.69) is 47.7 Å². The average molecular weight is 331 g/mol. The number of para-hydroxylation sites is 2. The second-order valence-electron chi connectivity index (χ2n) is 5.68. The summed E-state index contributed by atoms with van der Waals surface area (Å²) in [6, 6.07) is 16.3. The molecule has 0 fully saturated rings. The Balaban J connectivity index is 1.87. The van der Waals surface area contributed by atoms with Crippen LogP contribution in [0.15, 0.2) is 54.7 Å². The summed E-state index contributed by atoms with van der Waals surface area (Å²) in [5.74, 6) is 1.77. The molecule has 24 heavy (non-hydrogen) atoms. The molecule has 0 atom stereocenters. The first-order chi connectivity index (χ1) is 11.7. The molecule has 0 aliphatic rings. The van der Waals surface area contributed by atoms with Crippen LogP contribution in [0.2, 0.25) is 0 Å². The van der Waals surface area contributed by atoms with Crippen LogP contribution in [0.1, 0.15) is 21.1 Å². The second kappa shape index (κ2) is 6.06. The molecule has 0 aliphatic heterocycles. The zero-order valence-electron chi connectivity index (χ0n) is 13.6. The van der Waals surface area contributed by atoms with Gasteiger partial charge in [0, 0.05) is 16.0 Å². The van der Waals surface area contributed by atoms with E-state index in [4.69, 9.17) is 4.98 Å². The third-order valence-corrected chi connectivity index (χ3v) is 4.94. The number of pyridine rings is 1. The molecule has 0 saturated carbocycles. The molecule has 0 aliphatic carbocycles. The maximum absolute atomic E-state index is 4.78. The van der Waals surface area contributed by atoms with Gasteiger partial charge in [-0.2, -0.15) is 0 Å². The highest BCUT2D eigenvalue weighted by atomic mass is 32.1. The first-order valence-corrected chi connectivity index (χ1v) is 8.68. The normalized spacial score (nSPS) is 11.6. The lowest BCUT2D eigenvalue weighted by Gasteiger charge is -2.05. The fraction of sp³-hybridized carbons (Fsp3) is 0.100. The van der Waals surface area contributed by atoms with Crippen LogP contribution in [0.5, 0.6) is 0 Å².